The van der Waals surface area contributed by atoms with Crippen LogP contribution in [0.2, 0.25) is 5.02 Å². The average Bonchev–Trinajstić information content (AvgIpc) is 2.85. The summed E-state index contributed by atoms with van der Waals surface area (Å²) in [5.74, 6) is -0.0602. The van der Waals surface area contributed by atoms with Crippen LogP contribution in [0.3, 0.4) is 0 Å². The Morgan fingerprint density at radius 3 is 2.72 bits per heavy atom. The van der Waals surface area contributed by atoms with Crippen molar-refractivity contribution in [3.05, 3.63) is 46.3 Å². The summed E-state index contributed by atoms with van der Waals surface area (Å²) in [4.78, 5) is 0. The van der Waals surface area contributed by atoms with Crippen molar-refractivity contribution in [1.29, 1.82) is 0 Å². The van der Waals surface area contributed by atoms with E-state index >= 15 is 0 Å². The van der Waals surface area contributed by atoms with Crippen molar-refractivity contribution in [2.24, 2.45) is 4.40 Å². The van der Waals surface area contributed by atoms with Gasteiger partial charge in [-0.05, 0) is 35.2 Å². The van der Waals surface area contributed by atoms with Crippen LogP contribution in [0.1, 0.15) is 5.56 Å². The number of thiophene rings is 1. The van der Waals surface area contributed by atoms with E-state index in [0.717, 1.165) is 11.3 Å². The van der Waals surface area contributed by atoms with Gasteiger partial charge in [-0.3, -0.25) is 0 Å². The highest BCUT2D eigenvalue weighted by molar-refractivity contribution is 7.92. The topological polar surface area (TPSA) is 66.7 Å². The highest BCUT2D eigenvalue weighted by atomic mass is 35.5. The van der Waals surface area contributed by atoms with Gasteiger partial charge in [0.1, 0.15) is 9.96 Å². The summed E-state index contributed by atoms with van der Waals surface area (Å²) in [6.45, 7) is 0. The zero-order valence-electron chi connectivity index (χ0n) is 8.95. The Morgan fingerprint density at radius 2 is 2.11 bits per heavy atom. The van der Waals surface area contributed by atoms with Gasteiger partial charge in [0, 0.05) is 6.21 Å². The van der Waals surface area contributed by atoms with Gasteiger partial charge in [-0.25, -0.2) is 0 Å². The molecule has 0 saturated heterocycles. The number of hydrogen-bond donors (Lipinski definition) is 1. The predicted octanol–water partition coefficient (Wildman–Crippen LogP) is 2.91. The Morgan fingerprint density at radius 1 is 1.33 bits per heavy atom. The molecule has 2 aromatic rings. The van der Waals surface area contributed by atoms with Crippen molar-refractivity contribution in [2.75, 3.05) is 0 Å². The molecule has 0 aliphatic carbocycles. The highest BCUT2D eigenvalue weighted by Gasteiger charge is 2.12. The van der Waals surface area contributed by atoms with Crippen molar-refractivity contribution in [2.45, 2.75) is 4.21 Å². The van der Waals surface area contributed by atoms with Gasteiger partial charge >= 0.3 is 0 Å². The first-order valence-corrected chi connectivity index (χ1v) is 7.51. The van der Waals surface area contributed by atoms with Crippen LogP contribution in [0.4, 0.5) is 0 Å². The first-order chi connectivity index (χ1) is 8.49. The number of phenolic OH excluding ortho intramolecular Hbond substituents is 1. The summed E-state index contributed by atoms with van der Waals surface area (Å²) in [6.07, 6.45) is 1.19. The lowest BCUT2D eigenvalue weighted by molar-refractivity contribution is 0.475. The van der Waals surface area contributed by atoms with Crippen molar-refractivity contribution < 1.29 is 13.5 Å². The molecule has 0 fully saturated rings. The standard InChI is InChI=1S/C11H8ClNO3S2/c12-9-6-8(3-4-10(9)14)7-13-18(15,16)11-2-1-5-17-11/h1-7,14H/b13-7-. The summed E-state index contributed by atoms with van der Waals surface area (Å²) in [6, 6.07) is 7.46. The average molecular weight is 302 g/mol. The van der Waals surface area contributed by atoms with Crippen molar-refractivity contribution in [1.82, 2.24) is 0 Å². The lowest BCUT2D eigenvalue weighted by Gasteiger charge is -1.97. The van der Waals surface area contributed by atoms with Crippen molar-refractivity contribution in [3.8, 4) is 5.75 Å². The lowest BCUT2D eigenvalue weighted by atomic mass is 10.2. The zero-order valence-corrected chi connectivity index (χ0v) is 11.3. The number of phenols is 1. The molecule has 18 heavy (non-hydrogen) atoms. The summed E-state index contributed by atoms with van der Waals surface area (Å²) in [7, 11) is -3.66. The maximum atomic E-state index is 11.7. The molecule has 0 saturated carbocycles. The molecule has 0 aliphatic rings. The van der Waals surface area contributed by atoms with Crippen LogP contribution >= 0.6 is 22.9 Å². The van der Waals surface area contributed by atoms with E-state index in [0.29, 0.717) is 5.56 Å². The van der Waals surface area contributed by atoms with E-state index in [1.807, 2.05) is 0 Å². The van der Waals surface area contributed by atoms with Crippen LogP contribution in [0, 0.1) is 0 Å². The smallest absolute Gasteiger partial charge is 0.291 e. The molecular formula is C11H8ClNO3S2. The van der Waals surface area contributed by atoms with Gasteiger partial charge in [-0.2, -0.15) is 12.8 Å². The summed E-state index contributed by atoms with van der Waals surface area (Å²) >= 11 is 6.81. The quantitative estimate of drug-likeness (QED) is 0.886. The van der Waals surface area contributed by atoms with E-state index in [4.69, 9.17) is 11.6 Å². The van der Waals surface area contributed by atoms with Gasteiger partial charge in [0.25, 0.3) is 10.0 Å². The summed E-state index contributed by atoms with van der Waals surface area (Å²) < 4.78 is 27.2. The maximum absolute atomic E-state index is 11.7. The zero-order chi connectivity index (χ0) is 13.2. The molecule has 4 nitrogen and oxygen atoms in total. The maximum Gasteiger partial charge on any atom is 0.291 e. The molecule has 7 heteroatoms. The molecule has 0 atom stereocenters. The first kappa shape index (κ1) is 13.1. The molecule has 1 N–H and O–H groups in total. The molecule has 0 unspecified atom stereocenters. The van der Waals surface area contributed by atoms with Crippen molar-refractivity contribution >= 4 is 39.2 Å². The Bertz CT molecular complexity index is 678. The van der Waals surface area contributed by atoms with Crippen LogP contribution in [0.5, 0.6) is 5.75 Å². The van der Waals surface area contributed by atoms with Gasteiger partial charge in [-0.1, -0.05) is 17.7 Å². The second-order valence-electron chi connectivity index (χ2n) is 3.35. The third-order valence-corrected chi connectivity index (χ3v) is 4.97. The summed E-state index contributed by atoms with van der Waals surface area (Å²) in [5.41, 5.74) is 0.498. The monoisotopic (exact) mass is 301 g/mol. The lowest BCUT2D eigenvalue weighted by Crippen LogP contribution is -1.94. The molecule has 0 spiro atoms. The van der Waals surface area contributed by atoms with E-state index in [2.05, 4.69) is 4.40 Å². The second-order valence-corrected chi connectivity index (χ2v) is 6.57. The Kier molecular flexibility index (Phi) is 3.70. The SMILES string of the molecule is O=S(=O)(/N=C\c1ccc(O)c(Cl)c1)c1cccs1. The van der Waals surface area contributed by atoms with E-state index in [1.165, 1.54) is 30.5 Å². The molecule has 0 amide bonds. The number of rotatable bonds is 3. The van der Waals surface area contributed by atoms with Crippen molar-refractivity contribution in [3.63, 3.8) is 0 Å². The van der Waals surface area contributed by atoms with Crippen LogP contribution < -0.4 is 0 Å². The molecular weight excluding hydrogens is 294 g/mol. The highest BCUT2D eigenvalue weighted by Crippen LogP contribution is 2.23. The fourth-order valence-corrected chi connectivity index (χ4v) is 3.23. The third kappa shape index (κ3) is 2.90. The van der Waals surface area contributed by atoms with E-state index in [-0.39, 0.29) is 15.0 Å². The normalized spacial score (nSPS) is 12.1. The molecule has 1 heterocycles. The molecule has 0 aliphatic heterocycles. The number of benzene rings is 1. The third-order valence-electron chi connectivity index (χ3n) is 2.06. The number of nitrogens with zero attached hydrogens (tertiary/aromatic N) is 1. The minimum atomic E-state index is -3.66. The molecule has 0 bridgehead atoms. The van der Waals surface area contributed by atoms with Gasteiger partial charge in [0.2, 0.25) is 0 Å². The van der Waals surface area contributed by atoms with Crippen LogP contribution in [0.25, 0.3) is 0 Å². The number of aromatic hydroxyl groups is 1. The Hall–Kier alpha value is -1.37. The fourth-order valence-electron chi connectivity index (χ4n) is 1.20. The van der Waals surface area contributed by atoms with E-state index in [1.54, 1.807) is 11.4 Å². The van der Waals surface area contributed by atoms with Gasteiger partial charge in [0.05, 0.1) is 5.02 Å². The molecule has 94 valence electrons. The molecule has 0 radical (unpaired) electrons. The summed E-state index contributed by atoms with van der Waals surface area (Å²) in [5, 5.41) is 11.0. The minimum Gasteiger partial charge on any atom is -0.506 e. The van der Waals surface area contributed by atoms with Gasteiger partial charge in [-0.15, -0.1) is 11.3 Å². The van der Waals surface area contributed by atoms with E-state index in [9.17, 15) is 13.5 Å². The van der Waals surface area contributed by atoms with Gasteiger partial charge in [0.15, 0.2) is 0 Å². The largest absolute Gasteiger partial charge is 0.506 e. The number of hydrogen-bond acceptors (Lipinski definition) is 4. The molecule has 2 rings (SSSR count). The molecule has 1 aromatic heterocycles. The van der Waals surface area contributed by atoms with Crippen LogP contribution in [0.15, 0.2) is 44.3 Å². The molecule has 1 aromatic carbocycles. The minimum absolute atomic E-state index is 0.0602. The van der Waals surface area contributed by atoms with Crippen LogP contribution in [-0.4, -0.2) is 19.7 Å². The van der Waals surface area contributed by atoms with E-state index < -0.39 is 10.0 Å². The Balaban J connectivity index is 2.28. The predicted molar refractivity (Wildman–Crippen MR) is 72.2 cm³/mol. The second kappa shape index (κ2) is 5.09. The number of halogens is 1. The number of sulfonamides is 1. The fraction of sp³-hybridized carbons (Fsp3) is 0. The first-order valence-electron chi connectivity index (χ1n) is 4.81. The van der Waals surface area contributed by atoms with Crippen LogP contribution in [-0.2, 0) is 10.0 Å². The van der Waals surface area contributed by atoms with Gasteiger partial charge < -0.3 is 5.11 Å². The Labute approximate surface area is 113 Å².